The van der Waals surface area contributed by atoms with E-state index in [4.69, 9.17) is 0 Å². The number of halogens is 1. The lowest BCUT2D eigenvalue weighted by atomic mass is 10.1. The van der Waals surface area contributed by atoms with Crippen LogP contribution in [0, 0.1) is 0 Å². The van der Waals surface area contributed by atoms with Crippen LogP contribution in [0.1, 0.15) is 19.3 Å². The second-order valence-electron chi connectivity index (χ2n) is 4.53. The summed E-state index contributed by atoms with van der Waals surface area (Å²) in [6.45, 7) is 1.03. The standard InChI is InChI=1S/C13H15N3OS.ClH/c17-12(8-9-4-3-7-14-9)16-13-15-10-5-1-2-6-11(10)18-13;/h1-2,5-6,9,14H,3-4,7-8H2,(H,15,16,17);1H. The summed E-state index contributed by atoms with van der Waals surface area (Å²) in [6.07, 6.45) is 2.79. The Morgan fingerprint density at radius 2 is 2.32 bits per heavy atom. The summed E-state index contributed by atoms with van der Waals surface area (Å²) < 4.78 is 1.10. The van der Waals surface area contributed by atoms with Crippen molar-refractivity contribution in [3.05, 3.63) is 24.3 Å². The minimum Gasteiger partial charge on any atom is -0.313 e. The van der Waals surface area contributed by atoms with Gasteiger partial charge in [-0.15, -0.1) is 12.4 Å². The number of carbonyl (C=O) groups is 1. The average molecular weight is 298 g/mol. The van der Waals surface area contributed by atoms with E-state index in [1.807, 2.05) is 24.3 Å². The predicted octanol–water partition coefficient (Wildman–Crippen LogP) is 2.80. The highest BCUT2D eigenvalue weighted by molar-refractivity contribution is 7.22. The van der Waals surface area contributed by atoms with Crippen LogP contribution in [-0.2, 0) is 4.79 Å². The maximum Gasteiger partial charge on any atom is 0.227 e. The second-order valence-corrected chi connectivity index (χ2v) is 5.56. The fourth-order valence-electron chi connectivity index (χ4n) is 2.25. The van der Waals surface area contributed by atoms with Gasteiger partial charge in [0, 0.05) is 12.5 Å². The number of nitrogens with zero attached hydrogens (tertiary/aromatic N) is 1. The molecule has 6 heteroatoms. The summed E-state index contributed by atoms with van der Waals surface area (Å²) in [4.78, 5) is 16.3. The Hall–Kier alpha value is -1.17. The highest BCUT2D eigenvalue weighted by Crippen LogP contribution is 2.25. The number of para-hydroxylation sites is 1. The number of hydrogen-bond donors (Lipinski definition) is 2. The Balaban J connectivity index is 0.00000133. The Morgan fingerprint density at radius 3 is 3.05 bits per heavy atom. The van der Waals surface area contributed by atoms with Crippen LogP contribution in [0.15, 0.2) is 24.3 Å². The molecule has 0 bridgehead atoms. The molecule has 0 aliphatic carbocycles. The van der Waals surface area contributed by atoms with Gasteiger partial charge in [-0.3, -0.25) is 4.79 Å². The normalized spacial score (nSPS) is 18.2. The molecule has 1 aromatic carbocycles. The number of amides is 1. The summed E-state index contributed by atoms with van der Waals surface area (Å²) in [5, 5.41) is 6.90. The Kier molecular flexibility index (Phi) is 4.74. The van der Waals surface area contributed by atoms with Crippen molar-refractivity contribution in [2.24, 2.45) is 0 Å². The van der Waals surface area contributed by atoms with Gasteiger partial charge in [-0.05, 0) is 31.5 Å². The first-order chi connectivity index (χ1) is 8.81. The summed E-state index contributed by atoms with van der Waals surface area (Å²) in [5.74, 6) is 0.0495. The fraction of sp³-hybridized carbons (Fsp3) is 0.385. The van der Waals surface area contributed by atoms with Crippen molar-refractivity contribution in [2.75, 3.05) is 11.9 Å². The maximum atomic E-state index is 11.9. The number of thiazole rings is 1. The number of rotatable bonds is 3. The van der Waals surface area contributed by atoms with Crippen molar-refractivity contribution in [3.8, 4) is 0 Å². The van der Waals surface area contributed by atoms with Gasteiger partial charge in [0.15, 0.2) is 5.13 Å². The molecule has 0 radical (unpaired) electrons. The third-order valence-electron chi connectivity index (χ3n) is 3.13. The molecule has 0 spiro atoms. The maximum absolute atomic E-state index is 11.9. The minimum atomic E-state index is 0. The van der Waals surface area contributed by atoms with Crippen LogP contribution >= 0.6 is 23.7 Å². The van der Waals surface area contributed by atoms with Crippen molar-refractivity contribution in [1.29, 1.82) is 0 Å². The van der Waals surface area contributed by atoms with Crippen molar-refractivity contribution in [1.82, 2.24) is 10.3 Å². The Morgan fingerprint density at radius 1 is 1.47 bits per heavy atom. The van der Waals surface area contributed by atoms with Crippen LogP contribution in [0.3, 0.4) is 0 Å². The van der Waals surface area contributed by atoms with Gasteiger partial charge in [0.1, 0.15) is 0 Å². The van der Waals surface area contributed by atoms with E-state index in [1.165, 1.54) is 17.8 Å². The van der Waals surface area contributed by atoms with Crippen molar-refractivity contribution in [3.63, 3.8) is 0 Å². The molecular formula is C13H16ClN3OS. The molecule has 1 amide bonds. The zero-order chi connectivity index (χ0) is 12.4. The van der Waals surface area contributed by atoms with Gasteiger partial charge in [-0.1, -0.05) is 23.5 Å². The molecule has 1 unspecified atom stereocenters. The number of fused-ring (bicyclic) bond motifs is 1. The molecule has 3 rings (SSSR count). The third kappa shape index (κ3) is 3.43. The van der Waals surface area contributed by atoms with E-state index in [9.17, 15) is 4.79 Å². The van der Waals surface area contributed by atoms with Gasteiger partial charge in [0.05, 0.1) is 10.2 Å². The van der Waals surface area contributed by atoms with Crippen LogP contribution in [-0.4, -0.2) is 23.5 Å². The first kappa shape index (κ1) is 14.2. The second kappa shape index (κ2) is 6.32. The van der Waals surface area contributed by atoms with Crippen LogP contribution in [0.2, 0.25) is 0 Å². The first-order valence-corrected chi connectivity index (χ1v) is 7.02. The molecule has 1 saturated heterocycles. The fourth-order valence-corrected chi connectivity index (χ4v) is 3.13. The van der Waals surface area contributed by atoms with Crippen LogP contribution in [0.4, 0.5) is 5.13 Å². The van der Waals surface area contributed by atoms with E-state index in [0.29, 0.717) is 17.6 Å². The van der Waals surface area contributed by atoms with Crippen molar-refractivity contribution in [2.45, 2.75) is 25.3 Å². The lowest BCUT2D eigenvalue weighted by molar-refractivity contribution is -0.116. The molecule has 1 aliphatic rings. The summed E-state index contributed by atoms with van der Waals surface area (Å²) in [5.41, 5.74) is 0.941. The summed E-state index contributed by atoms with van der Waals surface area (Å²) in [7, 11) is 0. The lowest BCUT2D eigenvalue weighted by Gasteiger charge is -2.08. The van der Waals surface area contributed by atoms with Gasteiger partial charge >= 0.3 is 0 Å². The number of benzene rings is 1. The molecule has 1 aromatic heterocycles. The largest absolute Gasteiger partial charge is 0.313 e. The number of carbonyl (C=O) groups excluding carboxylic acids is 1. The zero-order valence-electron chi connectivity index (χ0n) is 10.4. The van der Waals surface area contributed by atoms with Gasteiger partial charge in [0.2, 0.25) is 5.91 Å². The highest BCUT2D eigenvalue weighted by Gasteiger charge is 2.18. The van der Waals surface area contributed by atoms with Crippen LogP contribution in [0.5, 0.6) is 0 Å². The van der Waals surface area contributed by atoms with Gasteiger partial charge in [-0.25, -0.2) is 4.98 Å². The highest BCUT2D eigenvalue weighted by atomic mass is 35.5. The van der Waals surface area contributed by atoms with Gasteiger partial charge in [-0.2, -0.15) is 0 Å². The lowest BCUT2D eigenvalue weighted by Crippen LogP contribution is -2.27. The molecule has 2 N–H and O–H groups in total. The molecule has 1 aliphatic heterocycles. The number of hydrogen-bond acceptors (Lipinski definition) is 4. The van der Waals surface area contributed by atoms with Gasteiger partial charge in [0.25, 0.3) is 0 Å². The molecule has 0 saturated carbocycles. The van der Waals surface area contributed by atoms with Crippen LogP contribution < -0.4 is 10.6 Å². The molecule has 2 heterocycles. The smallest absolute Gasteiger partial charge is 0.227 e. The van der Waals surface area contributed by atoms with Crippen LogP contribution in [0.25, 0.3) is 10.2 Å². The summed E-state index contributed by atoms with van der Waals surface area (Å²) >= 11 is 1.52. The van der Waals surface area contributed by atoms with E-state index in [0.717, 1.165) is 23.2 Å². The third-order valence-corrected chi connectivity index (χ3v) is 4.09. The molecule has 1 atom stereocenters. The van der Waals surface area contributed by atoms with E-state index < -0.39 is 0 Å². The topological polar surface area (TPSA) is 54.0 Å². The minimum absolute atomic E-state index is 0. The molecule has 2 aromatic rings. The molecule has 4 nitrogen and oxygen atoms in total. The summed E-state index contributed by atoms with van der Waals surface area (Å²) in [6, 6.07) is 8.24. The van der Waals surface area contributed by atoms with E-state index in [2.05, 4.69) is 15.6 Å². The van der Waals surface area contributed by atoms with Crippen molar-refractivity contribution < 1.29 is 4.79 Å². The number of anilines is 1. The Bertz CT molecular complexity index is 533. The molecule has 1 fully saturated rings. The van der Waals surface area contributed by atoms with E-state index >= 15 is 0 Å². The average Bonchev–Trinajstić information content (AvgIpc) is 2.96. The van der Waals surface area contributed by atoms with E-state index in [1.54, 1.807) is 0 Å². The number of aromatic nitrogens is 1. The molecule has 102 valence electrons. The first-order valence-electron chi connectivity index (χ1n) is 6.20. The van der Waals surface area contributed by atoms with E-state index in [-0.39, 0.29) is 18.3 Å². The molecule has 19 heavy (non-hydrogen) atoms. The molecular weight excluding hydrogens is 282 g/mol. The van der Waals surface area contributed by atoms with Crippen molar-refractivity contribution >= 4 is 45.0 Å². The van der Waals surface area contributed by atoms with Gasteiger partial charge < -0.3 is 10.6 Å². The predicted molar refractivity (Wildman–Crippen MR) is 81.1 cm³/mol. The number of nitrogens with one attached hydrogen (secondary N) is 2. The monoisotopic (exact) mass is 297 g/mol. The quantitative estimate of drug-likeness (QED) is 0.916. The SMILES string of the molecule is Cl.O=C(CC1CCCN1)Nc1nc2ccccc2s1. The zero-order valence-corrected chi connectivity index (χ0v) is 12.0. The Labute approximate surface area is 122 Å².